The van der Waals surface area contributed by atoms with E-state index < -0.39 is 17.8 Å². The fourth-order valence-corrected chi connectivity index (χ4v) is 3.00. The van der Waals surface area contributed by atoms with Crippen LogP contribution in [0.5, 0.6) is 5.75 Å². The maximum absolute atomic E-state index is 12.9. The van der Waals surface area contributed by atoms with Crippen molar-refractivity contribution in [2.75, 3.05) is 4.90 Å². The lowest BCUT2D eigenvalue weighted by atomic mass is 10.0. The molecule has 1 heterocycles. The van der Waals surface area contributed by atoms with Crippen LogP contribution in [-0.2, 0) is 9.59 Å². The molecule has 27 heavy (non-hydrogen) atoms. The first-order valence-corrected chi connectivity index (χ1v) is 8.48. The molecule has 1 saturated heterocycles. The number of phenolic OH excluding ortho intramolecular Hbond substituents is 1. The fraction of sp³-hybridized carbons (Fsp3) is 0.190. The molecule has 0 radical (unpaired) electrons. The number of rotatable bonds is 2. The van der Waals surface area contributed by atoms with E-state index in [-0.39, 0.29) is 11.3 Å². The Labute approximate surface area is 157 Å². The van der Waals surface area contributed by atoms with E-state index in [1.54, 1.807) is 38.1 Å². The van der Waals surface area contributed by atoms with Gasteiger partial charge in [-0.3, -0.25) is 14.9 Å². The SMILES string of the molecule is Cc1ccc(N2C(=O)NC(=O)/C(=C\c3cc(C)c(O)c(C)c3)C2=O)cc1C. The number of nitrogens with one attached hydrogen (secondary N) is 1. The third kappa shape index (κ3) is 3.33. The fourth-order valence-electron chi connectivity index (χ4n) is 3.00. The molecule has 0 bridgehead atoms. The van der Waals surface area contributed by atoms with Crippen LogP contribution in [0.3, 0.4) is 0 Å². The zero-order valence-corrected chi connectivity index (χ0v) is 15.6. The largest absolute Gasteiger partial charge is 0.507 e. The number of anilines is 1. The lowest BCUT2D eigenvalue weighted by Crippen LogP contribution is -2.54. The number of barbiturate groups is 1. The van der Waals surface area contributed by atoms with Crippen molar-refractivity contribution in [3.05, 3.63) is 63.7 Å². The minimum atomic E-state index is -0.775. The summed E-state index contributed by atoms with van der Waals surface area (Å²) in [7, 11) is 0. The van der Waals surface area contributed by atoms with Crippen molar-refractivity contribution in [1.29, 1.82) is 0 Å². The van der Waals surface area contributed by atoms with E-state index in [0.29, 0.717) is 22.4 Å². The van der Waals surface area contributed by atoms with Crippen molar-refractivity contribution in [2.45, 2.75) is 27.7 Å². The van der Waals surface area contributed by atoms with Crippen molar-refractivity contribution in [1.82, 2.24) is 5.32 Å². The van der Waals surface area contributed by atoms with E-state index in [9.17, 15) is 19.5 Å². The minimum Gasteiger partial charge on any atom is -0.507 e. The van der Waals surface area contributed by atoms with Crippen LogP contribution < -0.4 is 10.2 Å². The molecule has 2 aromatic carbocycles. The number of benzene rings is 2. The van der Waals surface area contributed by atoms with Gasteiger partial charge in [-0.05, 0) is 85.9 Å². The lowest BCUT2D eigenvalue weighted by Gasteiger charge is -2.27. The average Bonchev–Trinajstić information content (AvgIpc) is 2.59. The first-order chi connectivity index (χ1) is 12.7. The van der Waals surface area contributed by atoms with Gasteiger partial charge in [-0.25, -0.2) is 9.69 Å². The number of urea groups is 1. The van der Waals surface area contributed by atoms with Gasteiger partial charge in [-0.2, -0.15) is 0 Å². The molecule has 1 fully saturated rings. The predicted molar refractivity (Wildman–Crippen MR) is 102 cm³/mol. The molecule has 0 saturated carbocycles. The number of phenols is 1. The Morgan fingerprint density at radius 3 is 2.11 bits per heavy atom. The van der Waals surface area contributed by atoms with Gasteiger partial charge < -0.3 is 5.11 Å². The minimum absolute atomic E-state index is 0.141. The maximum atomic E-state index is 12.9. The van der Waals surface area contributed by atoms with Crippen LogP contribution in [0.4, 0.5) is 10.5 Å². The maximum Gasteiger partial charge on any atom is 0.335 e. The highest BCUT2D eigenvalue weighted by Gasteiger charge is 2.36. The van der Waals surface area contributed by atoms with Gasteiger partial charge in [-0.1, -0.05) is 6.07 Å². The second-order valence-corrected chi connectivity index (χ2v) is 6.73. The average molecular weight is 364 g/mol. The van der Waals surface area contributed by atoms with E-state index in [2.05, 4.69) is 5.32 Å². The summed E-state index contributed by atoms with van der Waals surface area (Å²) >= 11 is 0. The number of carbonyl (C=O) groups excluding carboxylic acids is 3. The molecule has 0 aromatic heterocycles. The molecule has 0 aliphatic carbocycles. The zero-order chi connectivity index (χ0) is 19.9. The molecule has 0 spiro atoms. The van der Waals surface area contributed by atoms with Crippen molar-refractivity contribution in [3.63, 3.8) is 0 Å². The molecule has 6 nitrogen and oxygen atoms in total. The molecular formula is C21H20N2O4. The molecular weight excluding hydrogens is 344 g/mol. The van der Waals surface area contributed by atoms with E-state index >= 15 is 0 Å². The Morgan fingerprint density at radius 1 is 0.889 bits per heavy atom. The standard InChI is InChI=1S/C21H20N2O4/c1-11-5-6-16(9-12(11)2)23-20(26)17(19(25)22-21(23)27)10-15-7-13(3)18(24)14(4)8-15/h5-10,24H,1-4H3,(H,22,25,27)/b17-10+. The quantitative estimate of drug-likeness (QED) is 0.632. The Morgan fingerprint density at radius 2 is 1.52 bits per heavy atom. The highest BCUT2D eigenvalue weighted by atomic mass is 16.3. The number of nitrogens with zero attached hydrogens (tertiary/aromatic N) is 1. The van der Waals surface area contributed by atoms with Gasteiger partial charge in [0.15, 0.2) is 0 Å². The van der Waals surface area contributed by atoms with E-state index in [4.69, 9.17) is 0 Å². The Balaban J connectivity index is 2.06. The summed E-state index contributed by atoms with van der Waals surface area (Å²) in [5, 5.41) is 12.1. The molecule has 1 aliphatic heterocycles. The second kappa shape index (κ2) is 6.72. The summed E-state index contributed by atoms with van der Waals surface area (Å²) in [5.74, 6) is -1.26. The Kier molecular flexibility index (Phi) is 4.57. The second-order valence-electron chi connectivity index (χ2n) is 6.73. The molecule has 138 valence electrons. The predicted octanol–water partition coefficient (Wildman–Crippen LogP) is 3.29. The molecule has 3 rings (SSSR count). The zero-order valence-electron chi connectivity index (χ0n) is 15.6. The van der Waals surface area contributed by atoms with Gasteiger partial charge in [0.1, 0.15) is 11.3 Å². The molecule has 6 heteroatoms. The number of hydrogen-bond donors (Lipinski definition) is 2. The number of imide groups is 2. The molecule has 1 aliphatic rings. The van der Waals surface area contributed by atoms with Crippen LogP contribution in [0.25, 0.3) is 6.08 Å². The summed E-state index contributed by atoms with van der Waals surface area (Å²) < 4.78 is 0. The van der Waals surface area contributed by atoms with Crippen molar-refractivity contribution >= 4 is 29.6 Å². The van der Waals surface area contributed by atoms with Crippen LogP contribution in [0, 0.1) is 27.7 Å². The van der Waals surface area contributed by atoms with Gasteiger partial charge >= 0.3 is 6.03 Å². The van der Waals surface area contributed by atoms with Gasteiger partial charge in [0, 0.05) is 0 Å². The summed E-state index contributed by atoms with van der Waals surface area (Å²) in [5.41, 5.74) is 4.08. The van der Waals surface area contributed by atoms with Crippen LogP contribution in [0.2, 0.25) is 0 Å². The molecule has 4 amide bonds. The lowest BCUT2D eigenvalue weighted by molar-refractivity contribution is -0.122. The van der Waals surface area contributed by atoms with Crippen LogP contribution in [-0.4, -0.2) is 23.0 Å². The summed E-state index contributed by atoms with van der Waals surface area (Å²) in [4.78, 5) is 38.4. The number of amides is 4. The van der Waals surface area contributed by atoms with Crippen LogP contribution in [0.1, 0.15) is 27.8 Å². The topological polar surface area (TPSA) is 86.7 Å². The summed E-state index contributed by atoms with van der Waals surface area (Å²) in [6.07, 6.45) is 1.43. The van der Waals surface area contributed by atoms with E-state index in [1.807, 2.05) is 19.9 Å². The monoisotopic (exact) mass is 364 g/mol. The van der Waals surface area contributed by atoms with Crippen molar-refractivity contribution in [3.8, 4) is 5.75 Å². The smallest absolute Gasteiger partial charge is 0.335 e. The third-order valence-electron chi connectivity index (χ3n) is 4.67. The van der Waals surface area contributed by atoms with E-state index in [0.717, 1.165) is 16.0 Å². The van der Waals surface area contributed by atoms with E-state index in [1.165, 1.54) is 6.08 Å². The molecule has 0 unspecified atom stereocenters. The van der Waals surface area contributed by atoms with Crippen LogP contribution in [0.15, 0.2) is 35.9 Å². The number of aryl methyl sites for hydroxylation is 4. The van der Waals surface area contributed by atoms with Gasteiger partial charge in [0.25, 0.3) is 11.8 Å². The highest BCUT2D eigenvalue weighted by Crippen LogP contribution is 2.27. The number of carbonyl (C=O) groups is 3. The summed E-state index contributed by atoms with van der Waals surface area (Å²) in [6.45, 7) is 7.28. The highest BCUT2D eigenvalue weighted by molar-refractivity contribution is 6.39. The number of aromatic hydroxyl groups is 1. The molecule has 0 atom stereocenters. The van der Waals surface area contributed by atoms with Gasteiger partial charge in [0.2, 0.25) is 0 Å². The Hall–Kier alpha value is -3.41. The molecule has 2 N–H and O–H groups in total. The summed E-state index contributed by atoms with van der Waals surface area (Å²) in [6, 6.07) is 7.79. The third-order valence-corrected chi connectivity index (χ3v) is 4.67. The van der Waals surface area contributed by atoms with Gasteiger partial charge in [0.05, 0.1) is 5.69 Å². The van der Waals surface area contributed by atoms with Gasteiger partial charge in [-0.15, -0.1) is 0 Å². The van der Waals surface area contributed by atoms with Crippen molar-refractivity contribution in [2.24, 2.45) is 0 Å². The number of hydrogen-bond acceptors (Lipinski definition) is 4. The molecule has 2 aromatic rings. The first-order valence-electron chi connectivity index (χ1n) is 8.48. The Bertz CT molecular complexity index is 998. The normalized spacial score (nSPS) is 16.1. The first kappa shape index (κ1) is 18.4. The van der Waals surface area contributed by atoms with Crippen LogP contribution >= 0.6 is 0 Å². The van der Waals surface area contributed by atoms with Crippen molar-refractivity contribution < 1.29 is 19.5 Å².